The number of nitrogens with zero attached hydrogens (tertiary/aromatic N) is 4. The van der Waals surface area contributed by atoms with E-state index in [-0.39, 0.29) is 5.41 Å². The number of pyridine rings is 1. The molecule has 2 aliphatic rings. The van der Waals surface area contributed by atoms with E-state index in [9.17, 15) is 0 Å². The molecule has 8 aromatic rings. The van der Waals surface area contributed by atoms with E-state index in [4.69, 9.17) is 14.7 Å². The minimum Gasteiger partial charge on any atom is -0.464 e. The van der Waals surface area contributed by atoms with Gasteiger partial charge in [0.1, 0.15) is 11.2 Å². The van der Waals surface area contributed by atoms with Crippen LogP contribution in [0.1, 0.15) is 61.1 Å². The van der Waals surface area contributed by atoms with Crippen molar-refractivity contribution in [3.05, 3.63) is 149 Å². The van der Waals surface area contributed by atoms with Gasteiger partial charge in [-0.1, -0.05) is 67.4 Å². The lowest BCUT2D eigenvalue weighted by molar-refractivity contribution is 0.0192. The molecular formula is C46H40N4O. The van der Waals surface area contributed by atoms with Crippen LogP contribution in [-0.4, -0.2) is 25.6 Å². The number of ether oxygens (including phenoxy) is 1. The number of hydrogen-bond donors (Lipinski definition) is 0. The van der Waals surface area contributed by atoms with E-state index >= 15 is 0 Å². The second-order valence-corrected chi connectivity index (χ2v) is 15.6. The van der Waals surface area contributed by atoms with E-state index in [0.717, 1.165) is 44.6 Å². The monoisotopic (exact) mass is 664 g/mol. The van der Waals surface area contributed by atoms with E-state index in [1.165, 1.54) is 43.9 Å². The summed E-state index contributed by atoms with van der Waals surface area (Å²) in [6.45, 7) is 15.6. The summed E-state index contributed by atoms with van der Waals surface area (Å²) in [4.78, 5) is 10.4. The maximum Gasteiger partial charge on any atom is 0.217 e. The summed E-state index contributed by atoms with van der Waals surface area (Å²) in [5.74, 6) is 0.705. The molecule has 1 aliphatic heterocycles. The highest BCUT2D eigenvalue weighted by atomic mass is 16.5. The number of aryl methyl sites for hydroxylation is 3. The van der Waals surface area contributed by atoms with Gasteiger partial charge in [0.15, 0.2) is 5.60 Å². The first-order chi connectivity index (χ1) is 24.5. The molecule has 0 bridgehead atoms. The largest absolute Gasteiger partial charge is 0.464 e. The van der Waals surface area contributed by atoms with Crippen molar-refractivity contribution in [3.8, 4) is 11.4 Å². The Bertz CT molecular complexity index is 2830. The molecule has 250 valence electrons. The molecule has 5 heteroatoms. The number of fused-ring (bicyclic) bond motifs is 9. The Hall–Kier alpha value is -5.68. The van der Waals surface area contributed by atoms with Crippen LogP contribution in [0, 0.1) is 20.8 Å². The third-order valence-electron chi connectivity index (χ3n) is 12.3. The van der Waals surface area contributed by atoms with Gasteiger partial charge in [0.2, 0.25) is 5.90 Å². The normalized spacial score (nSPS) is 20.6. The Labute approximate surface area is 297 Å². The number of aliphatic imine (C=N–C) groups is 1. The van der Waals surface area contributed by atoms with E-state index in [1.807, 2.05) is 12.3 Å². The van der Waals surface area contributed by atoms with Crippen LogP contribution in [0.5, 0.6) is 0 Å². The maximum absolute atomic E-state index is 7.03. The molecule has 0 N–H and O–H groups in total. The molecule has 1 aliphatic carbocycles. The average molecular weight is 665 g/mol. The van der Waals surface area contributed by atoms with Crippen molar-refractivity contribution in [2.45, 2.75) is 65.0 Å². The smallest absolute Gasteiger partial charge is 0.217 e. The summed E-state index contributed by atoms with van der Waals surface area (Å²) in [5, 5.41) is 4.82. The number of benzene rings is 5. The first kappa shape index (κ1) is 30.2. The lowest BCUT2D eigenvalue weighted by Gasteiger charge is -2.39. The van der Waals surface area contributed by atoms with Gasteiger partial charge in [0.05, 0.1) is 16.6 Å². The van der Waals surface area contributed by atoms with Gasteiger partial charge >= 0.3 is 0 Å². The second-order valence-electron chi connectivity index (χ2n) is 15.6. The van der Waals surface area contributed by atoms with Crippen molar-refractivity contribution in [3.63, 3.8) is 0 Å². The van der Waals surface area contributed by atoms with E-state index in [0.29, 0.717) is 5.90 Å². The highest BCUT2D eigenvalue weighted by Gasteiger charge is 2.67. The fourth-order valence-electron chi connectivity index (χ4n) is 9.29. The molecule has 10 rings (SSSR count). The lowest BCUT2D eigenvalue weighted by atomic mass is 9.69. The van der Waals surface area contributed by atoms with E-state index in [1.54, 1.807) is 0 Å². The molecule has 0 saturated heterocycles. The molecule has 0 radical (unpaired) electrons. The highest BCUT2D eigenvalue weighted by molar-refractivity contribution is 6.12. The number of hydrogen-bond acceptors (Lipinski definition) is 3. The predicted octanol–water partition coefficient (Wildman–Crippen LogP) is 10.9. The fraction of sp³-hybridized carbons (Fsp3) is 0.217. The van der Waals surface area contributed by atoms with Crippen LogP contribution in [-0.2, 0) is 15.8 Å². The minimum absolute atomic E-state index is 0.200. The van der Waals surface area contributed by atoms with Gasteiger partial charge in [-0.3, -0.25) is 4.57 Å². The average Bonchev–Trinajstić information content (AvgIpc) is 3.75. The Morgan fingerprint density at radius 3 is 2.02 bits per heavy atom. The molecule has 0 amide bonds. The molecule has 0 unspecified atom stereocenters. The Kier molecular flexibility index (Phi) is 5.90. The fourth-order valence-corrected chi connectivity index (χ4v) is 9.29. The Morgan fingerprint density at radius 1 is 0.549 bits per heavy atom. The first-order valence-electron chi connectivity index (χ1n) is 17.9. The molecule has 5 nitrogen and oxygen atoms in total. The summed E-state index contributed by atoms with van der Waals surface area (Å²) in [5.41, 5.74) is 12.5. The van der Waals surface area contributed by atoms with Crippen LogP contribution in [0.15, 0.2) is 120 Å². The molecular weight excluding hydrogens is 625 g/mol. The number of aromatic nitrogens is 3. The molecule has 4 heterocycles. The van der Waals surface area contributed by atoms with Crippen molar-refractivity contribution < 1.29 is 4.74 Å². The molecule has 2 atom stereocenters. The van der Waals surface area contributed by atoms with Crippen LogP contribution in [0.2, 0.25) is 0 Å². The van der Waals surface area contributed by atoms with Crippen LogP contribution in [0.25, 0.3) is 55.1 Å². The molecule has 0 saturated carbocycles. The maximum atomic E-state index is 7.03. The van der Waals surface area contributed by atoms with Crippen LogP contribution < -0.4 is 0 Å². The van der Waals surface area contributed by atoms with Gasteiger partial charge < -0.3 is 9.30 Å². The lowest BCUT2D eigenvalue weighted by Crippen LogP contribution is -2.49. The van der Waals surface area contributed by atoms with Gasteiger partial charge in [0, 0.05) is 55.7 Å². The van der Waals surface area contributed by atoms with Crippen LogP contribution in [0.3, 0.4) is 0 Å². The van der Waals surface area contributed by atoms with Crippen molar-refractivity contribution in [2.75, 3.05) is 0 Å². The second kappa shape index (κ2) is 9.97. The Balaban J connectivity index is 1.19. The molecule has 0 fully saturated rings. The number of rotatable bonds is 3. The Morgan fingerprint density at radius 2 is 1.25 bits per heavy atom. The predicted molar refractivity (Wildman–Crippen MR) is 210 cm³/mol. The summed E-state index contributed by atoms with van der Waals surface area (Å²) in [6.07, 6.45) is 1.89. The minimum atomic E-state index is -0.569. The zero-order chi connectivity index (χ0) is 35.0. The van der Waals surface area contributed by atoms with Gasteiger partial charge in [0.25, 0.3) is 0 Å². The third-order valence-corrected chi connectivity index (χ3v) is 12.3. The van der Waals surface area contributed by atoms with Gasteiger partial charge in [-0.25, -0.2) is 9.98 Å². The zero-order valence-corrected chi connectivity index (χ0v) is 30.2. The van der Waals surface area contributed by atoms with Crippen LogP contribution >= 0.6 is 0 Å². The van der Waals surface area contributed by atoms with Crippen molar-refractivity contribution in [1.29, 1.82) is 0 Å². The summed E-state index contributed by atoms with van der Waals surface area (Å²) < 4.78 is 11.7. The molecule has 5 aromatic carbocycles. The zero-order valence-electron chi connectivity index (χ0n) is 30.2. The van der Waals surface area contributed by atoms with Gasteiger partial charge in [-0.15, -0.1) is 0 Å². The first-order valence-corrected chi connectivity index (χ1v) is 17.9. The summed E-state index contributed by atoms with van der Waals surface area (Å²) in [6, 6.07) is 40.0. The molecule has 3 aromatic heterocycles. The van der Waals surface area contributed by atoms with E-state index in [2.05, 4.69) is 161 Å². The summed E-state index contributed by atoms with van der Waals surface area (Å²) >= 11 is 0. The SMILES string of the molecule is Cc1cc(C2=N[C@]3(C)C(C)(C)c4ccccc4[C@]3(C)O2)cc(-n2c3ccc(C)cc3c3ccc(-n4c5ccc(C)cc5c5cccnc54)cc32)c1. The highest BCUT2D eigenvalue weighted by Crippen LogP contribution is 2.61. The van der Waals surface area contributed by atoms with Crippen molar-refractivity contribution >= 4 is 49.6 Å². The molecule has 0 spiro atoms. The standard InChI is InChI=1S/C46H40N4O/c1-27-14-18-39-35(23-27)33-17-16-31(50-40-19-15-28(2)24-36(40)34-11-10-20-47-42(34)50)26-41(33)49(39)32-22-29(3)21-30(25-32)43-48-46(7)44(4,5)37-12-8-9-13-38(37)45(46,6)51-43/h8-26H,1-7H3/t45-,46+/m0/s1. The van der Waals surface area contributed by atoms with Gasteiger partial charge in [-0.05, 0) is 112 Å². The van der Waals surface area contributed by atoms with Crippen molar-refractivity contribution in [1.82, 2.24) is 14.1 Å². The molecule has 51 heavy (non-hydrogen) atoms. The van der Waals surface area contributed by atoms with E-state index < -0.39 is 11.1 Å². The van der Waals surface area contributed by atoms with Gasteiger partial charge in [-0.2, -0.15) is 0 Å². The topological polar surface area (TPSA) is 44.3 Å². The van der Waals surface area contributed by atoms with Crippen molar-refractivity contribution in [2.24, 2.45) is 4.99 Å². The summed E-state index contributed by atoms with van der Waals surface area (Å²) in [7, 11) is 0. The third kappa shape index (κ3) is 3.86. The quantitative estimate of drug-likeness (QED) is 0.189. The van der Waals surface area contributed by atoms with Crippen LogP contribution in [0.4, 0.5) is 0 Å².